The molecule has 126 valence electrons. The highest BCUT2D eigenvalue weighted by Gasteiger charge is 2.30. The molecule has 0 radical (unpaired) electrons. The zero-order valence-electron chi connectivity index (χ0n) is 13.8. The van der Waals surface area contributed by atoms with Gasteiger partial charge in [0.25, 0.3) is 0 Å². The van der Waals surface area contributed by atoms with Gasteiger partial charge in [0.15, 0.2) is 0 Å². The molecule has 2 rings (SSSR count). The molecule has 2 N–H and O–H groups in total. The number of hydrogen-bond donors (Lipinski definition) is 2. The molecule has 1 atom stereocenters. The van der Waals surface area contributed by atoms with E-state index in [-0.39, 0.29) is 5.91 Å². The summed E-state index contributed by atoms with van der Waals surface area (Å²) in [5, 5.41) is 11.9. The summed E-state index contributed by atoms with van der Waals surface area (Å²) in [6.07, 6.45) is 0. The van der Waals surface area contributed by atoms with Crippen molar-refractivity contribution in [1.29, 1.82) is 0 Å². The third-order valence-electron chi connectivity index (χ3n) is 4.13. The molecule has 0 aliphatic heterocycles. The largest absolute Gasteiger partial charge is 0.481 e. The predicted molar refractivity (Wildman–Crippen MR) is 90.5 cm³/mol. The van der Waals surface area contributed by atoms with Gasteiger partial charge in [-0.05, 0) is 56.2 Å². The summed E-state index contributed by atoms with van der Waals surface area (Å²) in [7, 11) is 0. The summed E-state index contributed by atoms with van der Waals surface area (Å²) in [6, 6.07) is 12.7. The first-order valence-electron chi connectivity index (χ1n) is 7.62. The number of rotatable bonds is 5. The first kappa shape index (κ1) is 17.7. The second kappa shape index (κ2) is 6.83. The number of carbonyl (C=O) groups is 2. The number of benzene rings is 2. The maximum atomic E-state index is 13.4. The number of amides is 1. The maximum Gasteiger partial charge on any atom is 0.310 e. The van der Waals surface area contributed by atoms with Crippen LogP contribution in [0.25, 0.3) is 0 Å². The van der Waals surface area contributed by atoms with Crippen molar-refractivity contribution in [2.24, 2.45) is 0 Å². The lowest BCUT2D eigenvalue weighted by atomic mass is 9.83. The van der Waals surface area contributed by atoms with Gasteiger partial charge in [-0.2, -0.15) is 0 Å². The molecule has 4 nitrogen and oxygen atoms in total. The van der Waals surface area contributed by atoms with E-state index in [4.69, 9.17) is 5.11 Å². The van der Waals surface area contributed by atoms with E-state index in [0.717, 1.165) is 0 Å². The number of nitrogens with one attached hydrogen (secondary N) is 1. The fourth-order valence-corrected chi connectivity index (χ4v) is 2.32. The standard InChI is InChI=1S/C19H20FNO3/c1-12(17(22)23)13-6-4-9-16(10-13)21-18(24)19(2,3)14-7-5-8-15(20)11-14/h4-12H,1-3H3,(H,21,24)(H,22,23). The van der Waals surface area contributed by atoms with Gasteiger partial charge >= 0.3 is 5.97 Å². The predicted octanol–water partition coefficient (Wildman–Crippen LogP) is 3.93. The molecule has 0 saturated heterocycles. The van der Waals surface area contributed by atoms with Crippen LogP contribution >= 0.6 is 0 Å². The molecule has 0 aliphatic carbocycles. The van der Waals surface area contributed by atoms with Crippen molar-refractivity contribution in [3.05, 3.63) is 65.5 Å². The Hall–Kier alpha value is -2.69. The average molecular weight is 329 g/mol. The Morgan fingerprint density at radius 1 is 1.12 bits per heavy atom. The van der Waals surface area contributed by atoms with E-state index in [1.54, 1.807) is 57.2 Å². The van der Waals surface area contributed by atoms with Crippen molar-refractivity contribution in [3.63, 3.8) is 0 Å². The molecule has 0 bridgehead atoms. The van der Waals surface area contributed by atoms with E-state index < -0.39 is 23.1 Å². The first-order chi connectivity index (χ1) is 11.2. The van der Waals surface area contributed by atoms with E-state index >= 15 is 0 Å². The molecule has 1 amide bonds. The molecule has 24 heavy (non-hydrogen) atoms. The summed E-state index contributed by atoms with van der Waals surface area (Å²) in [4.78, 5) is 23.7. The van der Waals surface area contributed by atoms with Gasteiger partial charge in [-0.25, -0.2) is 4.39 Å². The van der Waals surface area contributed by atoms with Crippen LogP contribution in [0.5, 0.6) is 0 Å². The third-order valence-corrected chi connectivity index (χ3v) is 4.13. The Kier molecular flexibility index (Phi) is 5.02. The summed E-state index contributed by atoms with van der Waals surface area (Å²) < 4.78 is 13.4. The third kappa shape index (κ3) is 3.79. The number of halogens is 1. The van der Waals surface area contributed by atoms with Gasteiger partial charge in [0.05, 0.1) is 11.3 Å². The molecule has 0 saturated carbocycles. The average Bonchev–Trinajstić information content (AvgIpc) is 2.54. The SMILES string of the molecule is CC(C(=O)O)c1cccc(NC(=O)C(C)(C)c2cccc(F)c2)c1. The lowest BCUT2D eigenvalue weighted by Crippen LogP contribution is -2.34. The summed E-state index contributed by atoms with van der Waals surface area (Å²) in [6.45, 7) is 5.00. The van der Waals surface area contributed by atoms with Crippen molar-refractivity contribution in [3.8, 4) is 0 Å². The van der Waals surface area contributed by atoms with Gasteiger partial charge in [0, 0.05) is 5.69 Å². The molecule has 0 spiro atoms. The highest BCUT2D eigenvalue weighted by molar-refractivity contribution is 5.98. The van der Waals surface area contributed by atoms with Crippen molar-refractivity contribution in [1.82, 2.24) is 0 Å². The van der Waals surface area contributed by atoms with Crippen LogP contribution < -0.4 is 5.32 Å². The Labute approximate surface area is 140 Å². The maximum absolute atomic E-state index is 13.4. The van der Waals surface area contributed by atoms with E-state index in [0.29, 0.717) is 16.8 Å². The van der Waals surface area contributed by atoms with E-state index in [9.17, 15) is 14.0 Å². The highest BCUT2D eigenvalue weighted by Crippen LogP contribution is 2.26. The minimum atomic E-state index is -0.934. The molecule has 1 unspecified atom stereocenters. The zero-order chi connectivity index (χ0) is 17.9. The summed E-state index contributed by atoms with van der Waals surface area (Å²) >= 11 is 0. The van der Waals surface area contributed by atoms with Gasteiger partial charge in [0.1, 0.15) is 5.82 Å². The summed E-state index contributed by atoms with van der Waals surface area (Å²) in [5.74, 6) is -2.30. The number of carboxylic acids is 1. The second-order valence-electron chi connectivity index (χ2n) is 6.27. The number of carbonyl (C=O) groups excluding carboxylic acids is 1. The lowest BCUT2D eigenvalue weighted by molar-refractivity contribution is -0.138. The molecular formula is C19H20FNO3. The number of hydrogen-bond acceptors (Lipinski definition) is 2. The number of carboxylic acid groups (broad SMARTS) is 1. The lowest BCUT2D eigenvalue weighted by Gasteiger charge is -2.24. The minimum absolute atomic E-state index is 0.298. The minimum Gasteiger partial charge on any atom is -0.481 e. The van der Waals surface area contributed by atoms with E-state index in [1.165, 1.54) is 12.1 Å². The highest BCUT2D eigenvalue weighted by atomic mass is 19.1. The Morgan fingerprint density at radius 2 is 1.79 bits per heavy atom. The molecule has 0 heterocycles. The second-order valence-corrected chi connectivity index (χ2v) is 6.27. The van der Waals surface area contributed by atoms with E-state index in [1.807, 2.05) is 0 Å². The monoisotopic (exact) mass is 329 g/mol. The topological polar surface area (TPSA) is 66.4 Å². The van der Waals surface area contributed by atoms with Crippen LogP contribution in [0.1, 0.15) is 37.8 Å². The molecule has 0 aromatic heterocycles. The molecule has 0 fully saturated rings. The quantitative estimate of drug-likeness (QED) is 0.873. The molecule has 5 heteroatoms. The van der Waals surface area contributed by atoms with Crippen LogP contribution in [-0.4, -0.2) is 17.0 Å². The van der Waals surface area contributed by atoms with Crippen LogP contribution in [-0.2, 0) is 15.0 Å². The van der Waals surface area contributed by atoms with Gasteiger partial charge in [0.2, 0.25) is 5.91 Å². The van der Waals surface area contributed by atoms with Crippen LogP contribution in [0.3, 0.4) is 0 Å². The Bertz CT molecular complexity index is 771. The fourth-order valence-electron chi connectivity index (χ4n) is 2.32. The molecule has 0 aliphatic rings. The van der Waals surface area contributed by atoms with Crippen molar-refractivity contribution in [2.45, 2.75) is 32.1 Å². The first-order valence-corrected chi connectivity index (χ1v) is 7.62. The van der Waals surface area contributed by atoms with Gasteiger partial charge in [-0.15, -0.1) is 0 Å². The Morgan fingerprint density at radius 3 is 2.42 bits per heavy atom. The Balaban J connectivity index is 2.23. The summed E-state index contributed by atoms with van der Waals surface area (Å²) in [5.41, 5.74) is 0.741. The normalized spacial score (nSPS) is 12.5. The van der Waals surface area contributed by atoms with Gasteiger partial charge < -0.3 is 10.4 Å². The number of anilines is 1. The van der Waals surface area contributed by atoms with Crippen LogP contribution in [0.15, 0.2) is 48.5 Å². The van der Waals surface area contributed by atoms with Crippen molar-refractivity contribution >= 4 is 17.6 Å². The molecule has 2 aromatic rings. The smallest absolute Gasteiger partial charge is 0.310 e. The van der Waals surface area contributed by atoms with Gasteiger partial charge in [-0.1, -0.05) is 24.3 Å². The number of aliphatic carboxylic acids is 1. The van der Waals surface area contributed by atoms with Gasteiger partial charge in [-0.3, -0.25) is 9.59 Å². The van der Waals surface area contributed by atoms with Crippen molar-refractivity contribution < 1.29 is 19.1 Å². The van der Waals surface area contributed by atoms with Crippen LogP contribution in [0.2, 0.25) is 0 Å². The van der Waals surface area contributed by atoms with Crippen LogP contribution in [0, 0.1) is 5.82 Å². The van der Waals surface area contributed by atoms with Crippen LogP contribution in [0.4, 0.5) is 10.1 Å². The van der Waals surface area contributed by atoms with Crippen molar-refractivity contribution in [2.75, 3.05) is 5.32 Å². The molecular weight excluding hydrogens is 309 g/mol. The fraction of sp³-hybridized carbons (Fsp3) is 0.263. The zero-order valence-corrected chi connectivity index (χ0v) is 13.8. The van der Waals surface area contributed by atoms with E-state index in [2.05, 4.69) is 5.32 Å². The molecule has 2 aromatic carbocycles.